The summed E-state index contributed by atoms with van der Waals surface area (Å²) in [5.74, 6) is 0.732. The zero-order chi connectivity index (χ0) is 18.5. The van der Waals surface area contributed by atoms with Crippen LogP contribution in [0, 0.1) is 5.92 Å². The van der Waals surface area contributed by atoms with E-state index in [2.05, 4.69) is 17.6 Å². The third-order valence-electron chi connectivity index (χ3n) is 4.54. The van der Waals surface area contributed by atoms with Crippen molar-refractivity contribution in [1.82, 2.24) is 4.90 Å². The summed E-state index contributed by atoms with van der Waals surface area (Å²) < 4.78 is 0. The quantitative estimate of drug-likeness (QED) is 0.809. The Morgan fingerprint density at radius 1 is 1.00 bits per heavy atom. The smallest absolute Gasteiger partial charge is 0.323 e. The van der Waals surface area contributed by atoms with Gasteiger partial charge in [-0.25, -0.2) is 4.79 Å². The number of carbonyl (C=O) groups excluding carboxylic acids is 2. The van der Waals surface area contributed by atoms with Crippen LogP contribution in [-0.4, -0.2) is 29.9 Å². The molecule has 6 heteroatoms. The maximum absolute atomic E-state index is 12.5. The molecule has 3 amide bonds. The van der Waals surface area contributed by atoms with Crippen LogP contribution in [0.1, 0.15) is 30.1 Å². The van der Waals surface area contributed by atoms with Gasteiger partial charge in [0.25, 0.3) is 5.91 Å². The number of hydrogen-bond acceptors (Lipinski definition) is 2. The van der Waals surface area contributed by atoms with Crippen LogP contribution in [0.2, 0.25) is 5.02 Å². The van der Waals surface area contributed by atoms with Crippen molar-refractivity contribution in [3.05, 3.63) is 59.1 Å². The molecular weight excluding hydrogens is 350 g/mol. The molecule has 2 aromatic rings. The van der Waals surface area contributed by atoms with Crippen LogP contribution in [0.5, 0.6) is 0 Å². The Labute approximate surface area is 158 Å². The maximum atomic E-state index is 12.5. The summed E-state index contributed by atoms with van der Waals surface area (Å²) in [5, 5.41) is 6.01. The molecule has 0 aromatic heterocycles. The van der Waals surface area contributed by atoms with Gasteiger partial charge in [0.1, 0.15) is 0 Å². The molecule has 0 saturated carbocycles. The SMILES string of the molecule is CC1CCN(C(=O)c2ccc(NC(=O)Nc3cccc(Cl)c3)cc2)CC1. The van der Waals surface area contributed by atoms with Crippen LogP contribution in [0.15, 0.2) is 48.5 Å². The standard InChI is InChI=1S/C20H22ClN3O2/c1-14-9-11-24(12-10-14)19(25)15-5-7-17(8-6-15)22-20(26)23-18-4-2-3-16(21)13-18/h2-8,13-14H,9-12H2,1H3,(H2,22,23,26). The molecule has 1 aliphatic rings. The largest absolute Gasteiger partial charge is 0.339 e. The summed E-state index contributed by atoms with van der Waals surface area (Å²) in [7, 11) is 0. The van der Waals surface area contributed by atoms with Crippen molar-refractivity contribution in [3.63, 3.8) is 0 Å². The Hall–Kier alpha value is -2.53. The highest BCUT2D eigenvalue weighted by Crippen LogP contribution is 2.19. The van der Waals surface area contributed by atoms with Crippen LogP contribution in [0.3, 0.4) is 0 Å². The molecule has 5 nitrogen and oxygen atoms in total. The van der Waals surface area contributed by atoms with Crippen LogP contribution in [0.25, 0.3) is 0 Å². The molecule has 0 atom stereocenters. The van der Waals surface area contributed by atoms with Gasteiger partial charge >= 0.3 is 6.03 Å². The number of amides is 3. The molecule has 1 fully saturated rings. The van der Waals surface area contributed by atoms with E-state index < -0.39 is 0 Å². The summed E-state index contributed by atoms with van der Waals surface area (Å²) in [5.41, 5.74) is 1.87. The molecule has 2 N–H and O–H groups in total. The van der Waals surface area contributed by atoms with Crippen LogP contribution >= 0.6 is 11.6 Å². The molecule has 0 aliphatic carbocycles. The summed E-state index contributed by atoms with van der Waals surface area (Å²) in [6, 6.07) is 13.5. The molecule has 0 unspecified atom stereocenters. The second-order valence-electron chi connectivity index (χ2n) is 6.64. The first-order valence-electron chi connectivity index (χ1n) is 8.74. The number of carbonyl (C=O) groups is 2. The van der Waals surface area contributed by atoms with E-state index in [1.54, 1.807) is 48.5 Å². The van der Waals surface area contributed by atoms with E-state index in [1.165, 1.54) is 0 Å². The molecule has 136 valence electrons. The minimum absolute atomic E-state index is 0.0480. The number of urea groups is 1. The van der Waals surface area contributed by atoms with E-state index in [9.17, 15) is 9.59 Å². The maximum Gasteiger partial charge on any atom is 0.323 e. The number of benzene rings is 2. The fourth-order valence-corrected chi connectivity index (χ4v) is 3.14. The van der Waals surface area contributed by atoms with Gasteiger partial charge in [-0.1, -0.05) is 24.6 Å². The fraction of sp³-hybridized carbons (Fsp3) is 0.300. The second-order valence-corrected chi connectivity index (χ2v) is 7.08. The predicted octanol–water partition coefficient (Wildman–Crippen LogP) is 4.86. The predicted molar refractivity (Wildman–Crippen MR) is 105 cm³/mol. The molecule has 3 rings (SSSR count). The first-order valence-corrected chi connectivity index (χ1v) is 9.12. The normalized spacial score (nSPS) is 14.8. The third kappa shape index (κ3) is 4.76. The van der Waals surface area contributed by atoms with Gasteiger partial charge in [-0.3, -0.25) is 4.79 Å². The molecule has 26 heavy (non-hydrogen) atoms. The average molecular weight is 372 g/mol. The molecule has 1 aliphatic heterocycles. The summed E-state index contributed by atoms with van der Waals surface area (Å²) in [6.07, 6.45) is 2.10. The minimum atomic E-state index is -0.364. The van der Waals surface area contributed by atoms with E-state index in [0.717, 1.165) is 25.9 Å². The van der Waals surface area contributed by atoms with Crippen LogP contribution in [0.4, 0.5) is 16.2 Å². The number of piperidine rings is 1. The summed E-state index contributed by atoms with van der Waals surface area (Å²) in [6.45, 7) is 3.83. The Balaban J connectivity index is 1.57. The number of halogens is 1. The third-order valence-corrected chi connectivity index (χ3v) is 4.78. The van der Waals surface area contributed by atoms with Gasteiger partial charge in [0.2, 0.25) is 0 Å². The molecule has 2 aromatic carbocycles. The highest BCUT2D eigenvalue weighted by Gasteiger charge is 2.21. The van der Waals surface area contributed by atoms with Crippen molar-refractivity contribution in [1.29, 1.82) is 0 Å². The number of rotatable bonds is 3. The van der Waals surface area contributed by atoms with Gasteiger partial charge in [0, 0.05) is 35.1 Å². The van der Waals surface area contributed by atoms with Gasteiger partial charge in [-0.15, -0.1) is 0 Å². The van der Waals surface area contributed by atoms with Crippen molar-refractivity contribution in [2.75, 3.05) is 23.7 Å². The second kappa shape index (κ2) is 8.23. The molecule has 0 radical (unpaired) electrons. The molecule has 1 heterocycles. The van der Waals surface area contributed by atoms with Gasteiger partial charge < -0.3 is 15.5 Å². The lowest BCUT2D eigenvalue weighted by Gasteiger charge is -2.30. The lowest BCUT2D eigenvalue weighted by atomic mass is 9.98. The monoisotopic (exact) mass is 371 g/mol. The number of nitrogens with zero attached hydrogens (tertiary/aromatic N) is 1. The first-order chi connectivity index (χ1) is 12.5. The van der Waals surface area contributed by atoms with E-state index in [1.807, 2.05) is 4.90 Å². The lowest BCUT2D eigenvalue weighted by molar-refractivity contribution is 0.0697. The number of nitrogens with one attached hydrogen (secondary N) is 2. The zero-order valence-electron chi connectivity index (χ0n) is 14.7. The van der Waals surface area contributed by atoms with Crippen LogP contribution < -0.4 is 10.6 Å². The van der Waals surface area contributed by atoms with Crippen molar-refractivity contribution < 1.29 is 9.59 Å². The van der Waals surface area contributed by atoms with E-state index in [-0.39, 0.29) is 11.9 Å². The minimum Gasteiger partial charge on any atom is -0.339 e. The summed E-state index contributed by atoms with van der Waals surface area (Å²) >= 11 is 5.90. The molecular formula is C20H22ClN3O2. The fourth-order valence-electron chi connectivity index (χ4n) is 2.95. The Morgan fingerprint density at radius 2 is 1.65 bits per heavy atom. The Kier molecular flexibility index (Phi) is 5.78. The average Bonchev–Trinajstić information content (AvgIpc) is 2.62. The van der Waals surface area contributed by atoms with Crippen molar-refractivity contribution in [3.8, 4) is 0 Å². The van der Waals surface area contributed by atoms with Crippen molar-refractivity contribution >= 4 is 34.9 Å². The van der Waals surface area contributed by atoms with Gasteiger partial charge in [-0.2, -0.15) is 0 Å². The van der Waals surface area contributed by atoms with E-state index >= 15 is 0 Å². The summed E-state index contributed by atoms with van der Waals surface area (Å²) in [4.78, 5) is 26.5. The van der Waals surface area contributed by atoms with Crippen molar-refractivity contribution in [2.24, 2.45) is 5.92 Å². The van der Waals surface area contributed by atoms with E-state index in [0.29, 0.717) is 27.9 Å². The topological polar surface area (TPSA) is 61.4 Å². The Morgan fingerprint density at radius 3 is 2.31 bits per heavy atom. The van der Waals surface area contributed by atoms with Crippen LogP contribution in [-0.2, 0) is 0 Å². The van der Waals surface area contributed by atoms with Gasteiger partial charge in [0.05, 0.1) is 0 Å². The van der Waals surface area contributed by atoms with E-state index in [4.69, 9.17) is 11.6 Å². The zero-order valence-corrected chi connectivity index (χ0v) is 15.4. The molecule has 1 saturated heterocycles. The highest BCUT2D eigenvalue weighted by atomic mass is 35.5. The van der Waals surface area contributed by atoms with Gasteiger partial charge in [-0.05, 0) is 61.2 Å². The van der Waals surface area contributed by atoms with Gasteiger partial charge in [0.15, 0.2) is 0 Å². The number of anilines is 2. The number of likely N-dealkylation sites (tertiary alicyclic amines) is 1. The first kappa shape index (κ1) is 18.3. The molecule has 0 bridgehead atoms. The lowest BCUT2D eigenvalue weighted by Crippen LogP contribution is -2.37. The molecule has 0 spiro atoms. The van der Waals surface area contributed by atoms with Crippen molar-refractivity contribution in [2.45, 2.75) is 19.8 Å². The number of hydrogen-bond donors (Lipinski definition) is 2. The Bertz CT molecular complexity index is 784. The highest BCUT2D eigenvalue weighted by molar-refractivity contribution is 6.30.